The molecule has 0 aliphatic carbocycles. The topological polar surface area (TPSA) is 18.5 Å². The monoisotopic (exact) mass is 278 g/mol. The highest BCUT2D eigenvalue weighted by atomic mass is 79.9. The summed E-state index contributed by atoms with van der Waals surface area (Å²) in [4.78, 5) is 0. The second-order valence-corrected chi connectivity index (χ2v) is 6.15. The second-order valence-electron chi connectivity index (χ2n) is 5.59. The molecule has 3 heteroatoms. The third-order valence-corrected chi connectivity index (χ3v) is 3.93. The Bertz CT molecular complexity index is 181. The van der Waals surface area contributed by atoms with Gasteiger partial charge in [-0.15, -0.1) is 0 Å². The molecule has 1 heterocycles. The van der Waals surface area contributed by atoms with E-state index in [1.165, 1.54) is 0 Å². The molecule has 0 radical (unpaired) electrons. The van der Waals surface area contributed by atoms with Gasteiger partial charge in [0.25, 0.3) is 0 Å². The summed E-state index contributed by atoms with van der Waals surface area (Å²) in [7, 11) is 0. The van der Waals surface area contributed by atoms with Crippen LogP contribution in [0.2, 0.25) is 0 Å². The van der Waals surface area contributed by atoms with Gasteiger partial charge in [0, 0.05) is 38.0 Å². The molecular weight excluding hydrogens is 256 g/mol. The maximum Gasteiger partial charge on any atom is 0.0822 e. The molecule has 0 aromatic heterocycles. The molecule has 2 nitrogen and oxygen atoms in total. The summed E-state index contributed by atoms with van der Waals surface area (Å²) in [6.45, 7) is 9.28. The fraction of sp³-hybridized carbons (Fsp3) is 1.00. The van der Waals surface area contributed by atoms with Gasteiger partial charge in [0.05, 0.1) is 5.60 Å². The van der Waals surface area contributed by atoms with E-state index in [0.29, 0.717) is 5.41 Å². The van der Waals surface area contributed by atoms with Gasteiger partial charge in [-0.2, -0.15) is 0 Å². The SMILES string of the molecule is CC(C)(C)CCOC1(CBr)CCOCC1. The summed E-state index contributed by atoms with van der Waals surface area (Å²) in [5.41, 5.74) is 0.391. The van der Waals surface area contributed by atoms with Gasteiger partial charge in [0.2, 0.25) is 0 Å². The predicted molar refractivity (Wildman–Crippen MR) is 66.6 cm³/mol. The molecule has 1 saturated heterocycles. The van der Waals surface area contributed by atoms with Crippen molar-refractivity contribution in [1.82, 2.24) is 0 Å². The number of halogens is 1. The van der Waals surface area contributed by atoms with Crippen molar-refractivity contribution in [2.75, 3.05) is 25.2 Å². The standard InChI is InChI=1S/C12H23BrO2/c1-11(2,3)4-9-15-12(10-13)5-7-14-8-6-12/h4-10H2,1-3H3. The highest BCUT2D eigenvalue weighted by Crippen LogP contribution is 2.29. The first-order chi connectivity index (χ1) is 6.97. The zero-order valence-corrected chi connectivity index (χ0v) is 11.7. The van der Waals surface area contributed by atoms with E-state index in [1.54, 1.807) is 0 Å². The molecule has 15 heavy (non-hydrogen) atoms. The summed E-state index contributed by atoms with van der Waals surface area (Å²) in [5.74, 6) is 0. The van der Waals surface area contributed by atoms with Crippen LogP contribution in [0.15, 0.2) is 0 Å². The van der Waals surface area contributed by atoms with E-state index in [4.69, 9.17) is 9.47 Å². The average molecular weight is 279 g/mol. The lowest BCUT2D eigenvalue weighted by Crippen LogP contribution is -2.41. The molecule has 0 bridgehead atoms. The van der Waals surface area contributed by atoms with E-state index >= 15 is 0 Å². The van der Waals surface area contributed by atoms with Crippen LogP contribution in [0.1, 0.15) is 40.0 Å². The average Bonchev–Trinajstić information content (AvgIpc) is 2.17. The molecule has 0 unspecified atom stereocenters. The highest BCUT2D eigenvalue weighted by Gasteiger charge is 2.32. The molecule has 0 aromatic carbocycles. The Morgan fingerprint density at radius 3 is 2.33 bits per heavy atom. The van der Waals surface area contributed by atoms with Crippen LogP contribution in [0.4, 0.5) is 0 Å². The largest absolute Gasteiger partial charge is 0.381 e. The minimum Gasteiger partial charge on any atom is -0.381 e. The van der Waals surface area contributed by atoms with Crippen molar-refractivity contribution >= 4 is 15.9 Å². The van der Waals surface area contributed by atoms with Gasteiger partial charge >= 0.3 is 0 Å². The molecule has 90 valence electrons. The lowest BCUT2D eigenvalue weighted by molar-refractivity contribution is -0.0997. The first-order valence-corrected chi connectivity index (χ1v) is 6.87. The Kier molecular flexibility index (Phi) is 5.07. The van der Waals surface area contributed by atoms with E-state index in [1.807, 2.05) is 0 Å². The number of hydrogen-bond donors (Lipinski definition) is 0. The Morgan fingerprint density at radius 1 is 1.27 bits per heavy atom. The van der Waals surface area contributed by atoms with Crippen LogP contribution in [0.5, 0.6) is 0 Å². The van der Waals surface area contributed by atoms with Gasteiger partial charge in [-0.25, -0.2) is 0 Å². The normalized spacial score (nSPS) is 21.6. The lowest BCUT2D eigenvalue weighted by Gasteiger charge is -2.36. The molecule has 1 fully saturated rings. The van der Waals surface area contributed by atoms with Gasteiger partial charge in [0.15, 0.2) is 0 Å². The molecule has 0 atom stereocenters. The van der Waals surface area contributed by atoms with Crippen molar-refractivity contribution in [2.24, 2.45) is 5.41 Å². The summed E-state index contributed by atoms with van der Waals surface area (Å²) < 4.78 is 11.4. The van der Waals surface area contributed by atoms with Gasteiger partial charge in [-0.05, 0) is 11.8 Å². The zero-order valence-electron chi connectivity index (χ0n) is 10.1. The summed E-state index contributed by atoms with van der Waals surface area (Å²) in [6.07, 6.45) is 3.15. The number of ether oxygens (including phenoxy) is 2. The number of rotatable bonds is 4. The van der Waals surface area contributed by atoms with E-state index < -0.39 is 0 Å². The Balaban J connectivity index is 2.33. The second kappa shape index (κ2) is 5.65. The van der Waals surface area contributed by atoms with Crippen molar-refractivity contribution in [3.63, 3.8) is 0 Å². The molecular formula is C12H23BrO2. The summed E-state index contributed by atoms with van der Waals surface area (Å²) in [6, 6.07) is 0. The molecule has 0 N–H and O–H groups in total. The Morgan fingerprint density at radius 2 is 1.87 bits per heavy atom. The Labute approximate surface area is 102 Å². The van der Waals surface area contributed by atoms with Crippen molar-refractivity contribution in [3.05, 3.63) is 0 Å². The van der Waals surface area contributed by atoms with Crippen LogP contribution in [0.3, 0.4) is 0 Å². The van der Waals surface area contributed by atoms with Crippen LogP contribution < -0.4 is 0 Å². The lowest BCUT2D eigenvalue weighted by atomic mass is 9.92. The fourth-order valence-electron chi connectivity index (χ4n) is 1.63. The summed E-state index contributed by atoms with van der Waals surface area (Å²) in [5, 5.41) is 0.924. The van der Waals surface area contributed by atoms with E-state index in [9.17, 15) is 0 Å². The van der Waals surface area contributed by atoms with Crippen LogP contribution in [0.25, 0.3) is 0 Å². The Hall–Kier alpha value is 0.400. The van der Waals surface area contributed by atoms with Gasteiger partial charge in [0.1, 0.15) is 0 Å². The number of alkyl halides is 1. The maximum atomic E-state index is 6.07. The van der Waals surface area contributed by atoms with Crippen LogP contribution in [-0.2, 0) is 9.47 Å². The van der Waals surface area contributed by atoms with E-state index in [-0.39, 0.29) is 5.60 Å². The van der Waals surface area contributed by atoms with E-state index in [2.05, 4.69) is 36.7 Å². The molecule has 1 aliphatic rings. The van der Waals surface area contributed by atoms with Crippen molar-refractivity contribution in [3.8, 4) is 0 Å². The quantitative estimate of drug-likeness (QED) is 0.734. The fourth-order valence-corrected chi connectivity index (χ4v) is 2.36. The highest BCUT2D eigenvalue weighted by molar-refractivity contribution is 9.09. The third-order valence-electron chi connectivity index (χ3n) is 2.91. The molecule has 0 amide bonds. The molecule has 0 saturated carbocycles. The maximum absolute atomic E-state index is 6.07. The minimum atomic E-state index is 0.0312. The minimum absolute atomic E-state index is 0.0312. The van der Waals surface area contributed by atoms with Crippen molar-refractivity contribution in [2.45, 2.75) is 45.6 Å². The van der Waals surface area contributed by atoms with Crippen LogP contribution in [-0.4, -0.2) is 30.8 Å². The molecule has 1 aliphatic heterocycles. The van der Waals surface area contributed by atoms with E-state index in [0.717, 1.165) is 44.4 Å². The van der Waals surface area contributed by atoms with Crippen LogP contribution >= 0.6 is 15.9 Å². The molecule has 1 rings (SSSR count). The van der Waals surface area contributed by atoms with Gasteiger partial charge in [-0.1, -0.05) is 36.7 Å². The van der Waals surface area contributed by atoms with Crippen LogP contribution in [0, 0.1) is 5.41 Å². The van der Waals surface area contributed by atoms with Crippen molar-refractivity contribution in [1.29, 1.82) is 0 Å². The number of hydrogen-bond acceptors (Lipinski definition) is 2. The first-order valence-electron chi connectivity index (χ1n) is 5.75. The first kappa shape index (κ1) is 13.5. The molecule has 0 aromatic rings. The van der Waals surface area contributed by atoms with Crippen molar-refractivity contribution < 1.29 is 9.47 Å². The van der Waals surface area contributed by atoms with Gasteiger partial charge in [-0.3, -0.25) is 0 Å². The summed E-state index contributed by atoms with van der Waals surface area (Å²) >= 11 is 3.57. The zero-order chi connectivity index (χ0) is 11.4. The third kappa shape index (κ3) is 4.83. The smallest absolute Gasteiger partial charge is 0.0822 e. The van der Waals surface area contributed by atoms with Gasteiger partial charge < -0.3 is 9.47 Å². The molecule has 0 spiro atoms. The predicted octanol–water partition coefficient (Wildman–Crippen LogP) is 3.38.